The number of nitrogens with zero attached hydrogens (tertiary/aromatic N) is 2. The lowest BCUT2D eigenvalue weighted by atomic mass is 9.85. The number of aromatic nitrogens is 1. The van der Waals surface area contributed by atoms with Crippen LogP contribution < -0.4 is 5.32 Å². The second-order valence-corrected chi connectivity index (χ2v) is 7.97. The van der Waals surface area contributed by atoms with E-state index in [0.717, 1.165) is 17.6 Å². The number of hydrogen-bond donors (Lipinski definition) is 1. The van der Waals surface area contributed by atoms with E-state index in [1.807, 2.05) is 12.4 Å². The first-order valence-electron chi connectivity index (χ1n) is 8.15. The van der Waals surface area contributed by atoms with Crippen LogP contribution in [0.2, 0.25) is 0 Å². The van der Waals surface area contributed by atoms with Crippen LogP contribution in [0, 0.1) is 0 Å². The summed E-state index contributed by atoms with van der Waals surface area (Å²) < 4.78 is 1.07. The Morgan fingerprint density at radius 2 is 2.10 bits per heavy atom. The second-order valence-electron chi connectivity index (χ2n) is 7.06. The Hall–Kier alpha value is -0.450. The van der Waals surface area contributed by atoms with Gasteiger partial charge in [-0.1, -0.05) is 19.8 Å². The summed E-state index contributed by atoms with van der Waals surface area (Å²) in [6, 6.07) is 2.20. The molecule has 3 rings (SSSR count). The van der Waals surface area contributed by atoms with Crippen molar-refractivity contribution < 1.29 is 0 Å². The molecular formula is C17H26BrN3. The molecule has 116 valence electrons. The molecule has 0 amide bonds. The van der Waals surface area contributed by atoms with Crippen molar-refractivity contribution in [3.05, 3.63) is 28.5 Å². The zero-order valence-corrected chi connectivity index (χ0v) is 14.7. The Labute approximate surface area is 136 Å². The molecule has 1 spiro atoms. The van der Waals surface area contributed by atoms with Gasteiger partial charge >= 0.3 is 0 Å². The number of halogens is 1. The van der Waals surface area contributed by atoms with Crippen molar-refractivity contribution in [3.8, 4) is 0 Å². The molecule has 1 saturated heterocycles. The molecule has 0 aromatic carbocycles. The highest BCUT2D eigenvalue weighted by molar-refractivity contribution is 9.10. The molecule has 4 heteroatoms. The molecule has 2 heterocycles. The van der Waals surface area contributed by atoms with E-state index in [4.69, 9.17) is 0 Å². The van der Waals surface area contributed by atoms with Gasteiger partial charge in [0.25, 0.3) is 0 Å². The fourth-order valence-corrected chi connectivity index (χ4v) is 4.26. The quantitative estimate of drug-likeness (QED) is 0.899. The Kier molecular flexibility index (Phi) is 4.40. The zero-order chi connectivity index (χ0) is 14.9. The van der Waals surface area contributed by atoms with Gasteiger partial charge in [-0.2, -0.15) is 0 Å². The Morgan fingerprint density at radius 1 is 1.33 bits per heavy atom. The lowest BCUT2D eigenvalue weighted by Crippen LogP contribution is -2.67. The van der Waals surface area contributed by atoms with E-state index in [1.165, 1.54) is 44.2 Å². The Bertz CT molecular complexity index is 499. The molecule has 2 fully saturated rings. The van der Waals surface area contributed by atoms with Crippen LogP contribution in [-0.4, -0.2) is 34.1 Å². The summed E-state index contributed by atoms with van der Waals surface area (Å²) in [5.74, 6) is 0. The van der Waals surface area contributed by atoms with E-state index < -0.39 is 0 Å². The highest BCUT2D eigenvalue weighted by Gasteiger charge is 2.45. The van der Waals surface area contributed by atoms with Crippen LogP contribution in [0.15, 0.2) is 22.9 Å². The summed E-state index contributed by atoms with van der Waals surface area (Å²) in [7, 11) is 0. The van der Waals surface area contributed by atoms with Gasteiger partial charge in [0.05, 0.1) is 0 Å². The molecule has 1 aromatic rings. The first-order chi connectivity index (χ1) is 10.1. The Balaban J connectivity index is 1.80. The van der Waals surface area contributed by atoms with Crippen molar-refractivity contribution in [2.45, 2.75) is 63.6 Å². The molecule has 1 aromatic heterocycles. The monoisotopic (exact) mass is 351 g/mol. The van der Waals surface area contributed by atoms with Crippen molar-refractivity contribution >= 4 is 15.9 Å². The number of piperazine rings is 1. The van der Waals surface area contributed by atoms with Gasteiger partial charge in [0.2, 0.25) is 0 Å². The molecule has 0 radical (unpaired) electrons. The smallest absolute Gasteiger partial charge is 0.0410 e. The number of hydrogen-bond acceptors (Lipinski definition) is 3. The summed E-state index contributed by atoms with van der Waals surface area (Å²) in [5, 5.41) is 3.90. The number of pyridine rings is 1. The van der Waals surface area contributed by atoms with Crippen LogP contribution in [0.3, 0.4) is 0 Å². The standard InChI is InChI=1S/C17H26BrN3/c1-3-16(2)12-20-17(6-4-5-7-17)13-21(16)11-14-8-15(18)10-19-9-14/h8-10,20H,3-7,11-13H2,1-2H3. The molecular weight excluding hydrogens is 326 g/mol. The molecule has 1 N–H and O–H groups in total. The summed E-state index contributed by atoms with van der Waals surface area (Å²) in [4.78, 5) is 7.02. The summed E-state index contributed by atoms with van der Waals surface area (Å²) in [6.45, 7) is 7.97. The molecule has 1 saturated carbocycles. The van der Waals surface area contributed by atoms with Gasteiger partial charge in [-0.25, -0.2) is 0 Å². The van der Waals surface area contributed by atoms with Gasteiger partial charge in [0.15, 0.2) is 0 Å². The van der Waals surface area contributed by atoms with E-state index in [0.29, 0.717) is 5.54 Å². The third kappa shape index (κ3) is 3.17. The highest BCUT2D eigenvalue weighted by atomic mass is 79.9. The lowest BCUT2D eigenvalue weighted by molar-refractivity contribution is 0.00771. The van der Waals surface area contributed by atoms with Crippen LogP contribution in [0.25, 0.3) is 0 Å². The minimum atomic E-state index is 0.246. The molecule has 3 nitrogen and oxygen atoms in total. The lowest BCUT2D eigenvalue weighted by Gasteiger charge is -2.52. The molecule has 0 bridgehead atoms. The van der Waals surface area contributed by atoms with Crippen molar-refractivity contribution in [3.63, 3.8) is 0 Å². The summed E-state index contributed by atoms with van der Waals surface area (Å²) in [5.41, 5.74) is 1.92. The van der Waals surface area contributed by atoms with Crippen molar-refractivity contribution in [1.82, 2.24) is 15.2 Å². The molecule has 1 unspecified atom stereocenters. The van der Waals surface area contributed by atoms with E-state index >= 15 is 0 Å². The summed E-state index contributed by atoms with van der Waals surface area (Å²) in [6.07, 6.45) is 10.5. The second kappa shape index (κ2) is 5.98. The van der Waals surface area contributed by atoms with E-state index in [2.05, 4.69) is 51.0 Å². The third-order valence-electron chi connectivity index (χ3n) is 5.56. The Morgan fingerprint density at radius 3 is 2.76 bits per heavy atom. The van der Waals surface area contributed by atoms with Gasteiger partial charge in [0.1, 0.15) is 0 Å². The molecule has 1 aliphatic heterocycles. The largest absolute Gasteiger partial charge is 0.308 e. The average molecular weight is 352 g/mol. The maximum absolute atomic E-state index is 4.32. The van der Waals surface area contributed by atoms with Crippen LogP contribution >= 0.6 is 15.9 Å². The first kappa shape index (κ1) is 15.4. The van der Waals surface area contributed by atoms with Crippen LogP contribution in [0.1, 0.15) is 51.5 Å². The van der Waals surface area contributed by atoms with Gasteiger partial charge in [-0.05, 0) is 53.7 Å². The van der Waals surface area contributed by atoms with Crippen LogP contribution in [-0.2, 0) is 6.54 Å². The molecule has 1 aliphatic carbocycles. The third-order valence-corrected chi connectivity index (χ3v) is 5.99. The maximum Gasteiger partial charge on any atom is 0.0410 e. The first-order valence-corrected chi connectivity index (χ1v) is 8.94. The summed E-state index contributed by atoms with van der Waals surface area (Å²) >= 11 is 3.54. The molecule has 1 atom stereocenters. The minimum Gasteiger partial charge on any atom is -0.308 e. The zero-order valence-electron chi connectivity index (χ0n) is 13.2. The average Bonchev–Trinajstić information content (AvgIpc) is 2.92. The maximum atomic E-state index is 4.32. The van der Waals surface area contributed by atoms with Gasteiger partial charge in [-0.15, -0.1) is 0 Å². The predicted octanol–water partition coefficient (Wildman–Crippen LogP) is 3.73. The van der Waals surface area contributed by atoms with E-state index in [-0.39, 0.29) is 5.54 Å². The van der Waals surface area contributed by atoms with Crippen LogP contribution in [0.5, 0.6) is 0 Å². The van der Waals surface area contributed by atoms with Crippen molar-refractivity contribution in [1.29, 1.82) is 0 Å². The fourth-order valence-electron chi connectivity index (χ4n) is 3.85. The number of rotatable bonds is 3. The fraction of sp³-hybridized carbons (Fsp3) is 0.706. The SMILES string of the molecule is CCC1(C)CNC2(CCCC2)CN1Cc1cncc(Br)c1. The topological polar surface area (TPSA) is 28.2 Å². The molecule has 2 aliphatic rings. The minimum absolute atomic E-state index is 0.246. The predicted molar refractivity (Wildman–Crippen MR) is 90.2 cm³/mol. The number of nitrogens with one attached hydrogen (secondary N) is 1. The van der Waals surface area contributed by atoms with Gasteiger partial charge in [-0.3, -0.25) is 9.88 Å². The van der Waals surface area contributed by atoms with Gasteiger partial charge < -0.3 is 5.32 Å². The van der Waals surface area contributed by atoms with Crippen LogP contribution in [0.4, 0.5) is 0 Å². The van der Waals surface area contributed by atoms with Crippen molar-refractivity contribution in [2.75, 3.05) is 13.1 Å². The highest BCUT2D eigenvalue weighted by Crippen LogP contribution is 2.37. The van der Waals surface area contributed by atoms with E-state index in [1.54, 1.807) is 0 Å². The van der Waals surface area contributed by atoms with E-state index in [9.17, 15) is 0 Å². The van der Waals surface area contributed by atoms with Gasteiger partial charge in [0, 0.05) is 47.6 Å². The molecule has 21 heavy (non-hydrogen) atoms. The van der Waals surface area contributed by atoms with Crippen molar-refractivity contribution in [2.24, 2.45) is 0 Å². The normalized spacial score (nSPS) is 29.1.